The van der Waals surface area contributed by atoms with Crippen molar-refractivity contribution in [2.75, 3.05) is 0 Å². The Labute approximate surface area is 205 Å². The molecule has 35 heavy (non-hydrogen) atoms. The van der Waals surface area contributed by atoms with Crippen molar-refractivity contribution in [1.29, 1.82) is 0 Å². The molecule has 0 aliphatic carbocycles. The summed E-state index contributed by atoms with van der Waals surface area (Å²) < 4.78 is 11.5. The van der Waals surface area contributed by atoms with E-state index in [2.05, 4.69) is 97.1 Å². The van der Waals surface area contributed by atoms with E-state index in [9.17, 15) is 0 Å². The molecule has 165 valence electrons. The van der Waals surface area contributed by atoms with Gasteiger partial charge in [0.1, 0.15) is 11.5 Å². The normalized spacial score (nSPS) is 10.9. The molecular formula is C32H22BO2. The summed E-state index contributed by atoms with van der Waals surface area (Å²) in [7, 11) is 1.39. The van der Waals surface area contributed by atoms with Gasteiger partial charge in [-0.3, -0.25) is 0 Å². The van der Waals surface area contributed by atoms with Crippen molar-refractivity contribution in [2.24, 2.45) is 0 Å². The Bertz CT molecular complexity index is 1490. The van der Waals surface area contributed by atoms with Crippen LogP contribution < -0.4 is 9.31 Å². The van der Waals surface area contributed by atoms with Crippen LogP contribution in [0.5, 0.6) is 11.5 Å². The summed E-state index contributed by atoms with van der Waals surface area (Å²) in [6.45, 7) is 0. The van der Waals surface area contributed by atoms with E-state index in [0.29, 0.717) is 0 Å². The lowest BCUT2D eigenvalue weighted by molar-refractivity contribution is 0.460. The maximum atomic E-state index is 5.77. The Morgan fingerprint density at radius 1 is 0.343 bits per heavy atom. The van der Waals surface area contributed by atoms with E-state index in [1.54, 1.807) is 0 Å². The molecule has 0 aliphatic heterocycles. The van der Waals surface area contributed by atoms with E-state index in [-0.39, 0.29) is 0 Å². The summed E-state index contributed by atoms with van der Waals surface area (Å²) in [4.78, 5) is 0. The van der Waals surface area contributed by atoms with Crippen LogP contribution >= 0.6 is 0 Å². The van der Waals surface area contributed by atoms with Gasteiger partial charge in [-0.05, 0) is 80.2 Å². The highest BCUT2D eigenvalue weighted by atomic mass is 16.6. The predicted molar refractivity (Wildman–Crippen MR) is 146 cm³/mol. The highest BCUT2D eigenvalue weighted by Crippen LogP contribution is 2.28. The smallest absolute Gasteiger partial charge is 0.526 e. The molecule has 0 aliphatic rings. The molecule has 0 unspecified atom stereocenters. The van der Waals surface area contributed by atoms with Crippen LogP contribution in [0.2, 0.25) is 0 Å². The largest absolute Gasteiger partial charge is 0.658 e. The van der Waals surface area contributed by atoms with Crippen molar-refractivity contribution in [3.8, 4) is 33.8 Å². The lowest BCUT2D eigenvalue weighted by Gasteiger charge is -2.10. The SMILES string of the molecule is [B](Oc1ccc2cc(-c3ccccc3)ccc2c1)Oc1ccc2cc(-c3ccccc3)ccc2c1. The molecule has 6 aromatic carbocycles. The quantitative estimate of drug-likeness (QED) is 0.238. The molecule has 1 radical (unpaired) electrons. The Morgan fingerprint density at radius 3 is 1.20 bits per heavy atom. The zero-order chi connectivity index (χ0) is 23.5. The highest BCUT2D eigenvalue weighted by molar-refractivity contribution is 6.21. The van der Waals surface area contributed by atoms with Crippen molar-refractivity contribution in [2.45, 2.75) is 0 Å². The van der Waals surface area contributed by atoms with Crippen LogP contribution in [0, 0.1) is 0 Å². The fourth-order valence-electron chi connectivity index (χ4n) is 4.35. The Morgan fingerprint density at radius 2 is 0.743 bits per heavy atom. The zero-order valence-corrected chi connectivity index (χ0v) is 19.1. The minimum absolute atomic E-state index is 0.734. The van der Waals surface area contributed by atoms with Crippen molar-refractivity contribution in [1.82, 2.24) is 0 Å². The van der Waals surface area contributed by atoms with Gasteiger partial charge in [0.25, 0.3) is 0 Å². The lowest BCUT2D eigenvalue weighted by atomic mass is 10.0. The topological polar surface area (TPSA) is 18.5 Å². The van der Waals surface area contributed by atoms with E-state index in [0.717, 1.165) is 22.3 Å². The molecular weight excluding hydrogens is 427 g/mol. The second-order valence-corrected chi connectivity index (χ2v) is 8.51. The van der Waals surface area contributed by atoms with E-state index in [1.807, 2.05) is 36.4 Å². The van der Waals surface area contributed by atoms with Crippen LogP contribution in [0.15, 0.2) is 133 Å². The zero-order valence-electron chi connectivity index (χ0n) is 19.1. The first kappa shape index (κ1) is 21.1. The number of fused-ring (bicyclic) bond motifs is 2. The molecule has 0 amide bonds. The first-order valence-electron chi connectivity index (χ1n) is 11.7. The summed E-state index contributed by atoms with van der Waals surface area (Å²) in [5, 5.41) is 4.58. The average molecular weight is 449 g/mol. The third-order valence-corrected chi connectivity index (χ3v) is 6.21. The van der Waals surface area contributed by atoms with Gasteiger partial charge in [0, 0.05) is 0 Å². The highest BCUT2D eigenvalue weighted by Gasteiger charge is 2.06. The fourth-order valence-corrected chi connectivity index (χ4v) is 4.35. The van der Waals surface area contributed by atoms with E-state index in [1.165, 1.54) is 40.7 Å². The van der Waals surface area contributed by atoms with Gasteiger partial charge in [-0.25, -0.2) is 0 Å². The monoisotopic (exact) mass is 449 g/mol. The van der Waals surface area contributed by atoms with Crippen LogP contribution in [0.3, 0.4) is 0 Å². The molecule has 0 aromatic heterocycles. The van der Waals surface area contributed by atoms with Crippen molar-refractivity contribution >= 4 is 29.2 Å². The van der Waals surface area contributed by atoms with Gasteiger partial charge in [0.15, 0.2) is 0 Å². The molecule has 0 heterocycles. The van der Waals surface area contributed by atoms with Gasteiger partial charge in [-0.2, -0.15) is 0 Å². The summed E-state index contributed by atoms with van der Waals surface area (Å²) in [5.41, 5.74) is 4.83. The Balaban J connectivity index is 1.13. The molecule has 6 aromatic rings. The molecule has 3 heteroatoms. The first-order chi connectivity index (χ1) is 17.3. The summed E-state index contributed by atoms with van der Waals surface area (Å²) >= 11 is 0. The van der Waals surface area contributed by atoms with Crippen LogP contribution in [0.1, 0.15) is 0 Å². The number of benzene rings is 6. The minimum atomic E-state index is 0.734. The van der Waals surface area contributed by atoms with Crippen molar-refractivity contribution < 1.29 is 9.31 Å². The van der Waals surface area contributed by atoms with Crippen molar-refractivity contribution in [3.05, 3.63) is 133 Å². The minimum Gasteiger partial charge on any atom is -0.526 e. The van der Waals surface area contributed by atoms with Crippen molar-refractivity contribution in [3.63, 3.8) is 0 Å². The molecule has 0 saturated heterocycles. The summed E-state index contributed by atoms with van der Waals surface area (Å²) in [6.07, 6.45) is 0. The van der Waals surface area contributed by atoms with Gasteiger partial charge in [-0.15, -0.1) is 0 Å². The average Bonchev–Trinajstić information content (AvgIpc) is 2.93. The fraction of sp³-hybridized carbons (Fsp3) is 0. The molecule has 0 fully saturated rings. The molecule has 0 N–H and O–H groups in total. The molecule has 6 rings (SSSR count). The van der Waals surface area contributed by atoms with Gasteiger partial charge >= 0.3 is 7.69 Å². The summed E-state index contributed by atoms with van der Waals surface area (Å²) in [5.74, 6) is 1.47. The first-order valence-corrected chi connectivity index (χ1v) is 11.7. The van der Waals surface area contributed by atoms with Gasteiger partial charge in [-0.1, -0.05) is 97.1 Å². The van der Waals surface area contributed by atoms with E-state index < -0.39 is 0 Å². The second kappa shape index (κ2) is 9.40. The molecule has 0 bridgehead atoms. The molecule has 0 spiro atoms. The maximum absolute atomic E-state index is 5.77. The number of rotatable bonds is 6. The van der Waals surface area contributed by atoms with Crippen LogP contribution in [0.25, 0.3) is 43.8 Å². The van der Waals surface area contributed by atoms with Gasteiger partial charge in [0.2, 0.25) is 0 Å². The Kier molecular flexibility index (Phi) is 5.66. The second-order valence-electron chi connectivity index (χ2n) is 8.51. The van der Waals surface area contributed by atoms with Gasteiger partial charge < -0.3 is 9.31 Å². The van der Waals surface area contributed by atoms with Crippen LogP contribution in [-0.2, 0) is 0 Å². The lowest BCUT2D eigenvalue weighted by Crippen LogP contribution is -2.10. The molecule has 0 atom stereocenters. The van der Waals surface area contributed by atoms with Gasteiger partial charge in [0.05, 0.1) is 0 Å². The third-order valence-electron chi connectivity index (χ3n) is 6.21. The predicted octanol–water partition coefficient (Wildman–Crippen LogP) is 8.32. The molecule has 2 nitrogen and oxygen atoms in total. The Hall–Kier alpha value is -4.50. The third kappa shape index (κ3) is 4.62. The number of hydrogen-bond donors (Lipinski definition) is 0. The standard InChI is InChI=1S/C32H22BO2/c1-3-7-23(8-4-1)25-11-13-29-21-31(17-15-27(29)19-25)34-33-35-32-18-16-28-20-26(12-14-30(28)22-32)24-9-5-2-6-10-24/h1-22H. The maximum Gasteiger partial charge on any atom is 0.658 e. The van der Waals surface area contributed by atoms with Crippen LogP contribution in [0.4, 0.5) is 0 Å². The number of hydrogen-bond acceptors (Lipinski definition) is 2. The van der Waals surface area contributed by atoms with E-state index in [4.69, 9.17) is 9.31 Å². The summed E-state index contributed by atoms with van der Waals surface area (Å²) in [6, 6.07) is 45.9. The van der Waals surface area contributed by atoms with Crippen LogP contribution in [-0.4, -0.2) is 7.69 Å². The molecule has 0 saturated carbocycles. The van der Waals surface area contributed by atoms with E-state index >= 15 is 0 Å².